The third-order valence-corrected chi connectivity index (χ3v) is 4.81. The summed E-state index contributed by atoms with van der Waals surface area (Å²) in [4.78, 5) is 73.2. The second-order valence-corrected chi connectivity index (χ2v) is 9.87. The minimum atomic E-state index is 0.0417. The van der Waals surface area contributed by atoms with Gasteiger partial charge in [-0.2, -0.15) is 105 Å². The minimum absolute atomic E-state index is 0.0417. The molecular weight excluding hydrogens is 985 g/mol. The van der Waals surface area contributed by atoms with E-state index in [1.165, 1.54) is 0 Å². The van der Waals surface area contributed by atoms with Crippen molar-refractivity contribution in [2.75, 3.05) is 120 Å². The Bertz CT molecular complexity index is 1780. The first-order valence-corrected chi connectivity index (χ1v) is 18.5. The highest BCUT2D eigenvalue weighted by Gasteiger charge is 1.98. The highest BCUT2D eigenvalue weighted by molar-refractivity contribution is 5.37. The summed E-state index contributed by atoms with van der Waals surface area (Å²) < 4.78 is 0. The molecule has 0 fully saturated rings. The molecule has 0 radical (unpaired) electrons. The van der Waals surface area contributed by atoms with Crippen LogP contribution in [0, 0.1) is 0 Å². The summed E-state index contributed by atoms with van der Waals surface area (Å²) in [6.45, 7) is 36.0. The number of aromatic nitrogens is 21. The zero-order chi connectivity index (χ0) is 60.0. The maximum atomic E-state index is 5.14. The third kappa shape index (κ3) is 42.4. The summed E-state index contributed by atoms with van der Waals surface area (Å²) in [5.41, 5.74) is 108. The molecule has 42 nitrogen and oxygen atoms in total. The molecule has 0 aliphatic heterocycles. The maximum Gasteiger partial charge on any atom is 0.226 e. The molecule has 7 rings (SSSR count). The lowest BCUT2D eigenvalue weighted by Crippen LogP contribution is -2.05. The standard InChI is InChI=1S/7C3H6N6.6C2H4/c7*4-1-7-2(5)9-3(6)8-1;6*1-2/h7*(H6,4,5,6,7,8,9);6*1-2H2. The van der Waals surface area contributed by atoms with Gasteiger partial charge in [-0.05, 0) is 0 Å². The molecule has 408 valence electrons. The maximum absolute atomic E-state index is 5.14. The smallest absolute Gasteiger partial charge is 0.226 e. The first-order valence-electron chi connectivity index (χ1n) is 18.5. The van der Waals surface area contributed by atoms with Gasteiger partial charge in [0.15, 0.2) is 0 Å². The first kappa shape index (κ1) is 73.9. The van der Waals surface area contributed by atoms with Crippen LogP contribution in [0.15, 0.2) is 78.9 Å². The number of nitrogens with zero attached hydrogens (tertiary/aromatic N) is 21. The van der Waals surface area contributed by atoms with Crippen LogP contribution in [0.1, 0.15) is 0 Å². The Balaban J connectivity index is -0.000000179. The van der Waals surface area contributed by atoms with Crippen molar-refractivity contribution in [2.24, 2.45) is 0 Å². The van der Waals surface area contributed by atoms with E-state index in [1.54, 1.807) is 0 Å². The van der Waals surface area contributed by atoms with E-state index in [-0.39, 0.29) is 125 Å². The van der Waals surface area contributed by atoms with Crippen LogP contribution in [0.3, 0.4) is 0 Å². The molecule has 42 N–H and O–H groups in total. The predicted molar refractivity (Wildman–Crippen MR) is 299 cm³/mol. The zero-order valence-corrected chi connectivity index (χ0v) is 40.5. The van der Waals surface area contributed by atoms with Gasteiger partial charge >= 0.3 is 0 Å². The van der Waals surface area contributed by atoms with Crippen LogP contribution in [-0.2, 0) is 0 Å². The molecule has 7 aromatic heterocycles. The molecule has 7 aromatic rings. The van der Waals surface area contributed by atoms with Crippen molar-refractivity contribution in [3.63, 3.8) is 0 Å². The molecule has 0 atom stereocenters. The molecule has 0 saturated heterocycles. The Morgan fingerprint density at radius 2 is 0.133 bits per heavy atom. The molecule has 0 saturated carbocycles. The van der Waals surface area contributed by atoms with E-state index >= 15 is 0 Å². The van der Waals surface area contributed by atoms with Crippen LogP contribution in [0.2, 0.25) is 0 Å². The Morgan fingerprint density at radius 3 is 0.160 bits per heavy atom. The minimum Gasteiger partial charge on any atom is -0.368 e. The molecule has 0 amide bonds. The van der Waals surface area contributed by atoms with Gasteiger partial charge in [-0.1, -0.05) is 0 Å². The summed E-state index contributed by atoms with van der Waals surface area (Å²) in [6, 6.07) is 0. The van der Waals surface area contributed by atoms with Gasteiger partial charge in [0, 0.05) is 0 Å². The van der Waals surface area contributed by atoms with Crippen molar-refractivity contribution in [3.05, 3.63) is 78.9 Å². The van der Waals surface area contributed by atoms with E-state index in [2.05, 4.69) is 184 Å². The second kappa shape index (κ2) is 43.9. The highest BCUT2D eigenvalue weighted by Crippen LogP contribution is 2.01. The van der Waals surface area contributed by atoms with Crippen molar-refractivity contribution >= 4 is 125 Å². The molecule has 7 heterocycles. The van der Waals surface area contributed by atoms with Crippen molar-refractivity contribution in [2.45, 2.75) is 0 Å². The molecule has 0 aliphatic carbocycles. The largest absolute Gasteiger partial charge is 0.368 e. The Morgan fingerprint density at radius 1 is 0.107 bits per heavy atom. The van der Waals surface area contributed by atoms with E-state index in [4.69, 9.17) is 120 Å². The normalized spacial score (nSPS) is 8.16. The molecule has 0 spiro atoms. The number of nitrogen functional groups attached to an aromatic ring is 21. The summed E-state index contributed by atoms with van der Waals surface area (Å²) in [7, 11) is 0. The predicted octanol–water partition coefficient (Wildman–Crippen LogP) is -4.86. The van der Waals surface area contributed by atoms with Crippen molar-refractivity contribution in [3.8, 4) is 0 Å². The van der Waals surface area contributed by atoms with Crippen molar-refractivity contribution in [1.29, 1.82) is 0 Å². The fourth-order valence-corrected chi connectivity index (χ4v) is 2.99. The van der Waals surface area contributed by atoms with Gasteiger partial charge < -0.3 is 120 Å². The molecular formula is C33H66N42. The molecule has 0 unspecified atom stereocenters. The van der Waals surface area contributed by atoms with Crippen LogP contribution in [0.4, 0.5) is 125 Å². The number of rotatable bonds is 0. The lowest BCUT2D eigenvalue weighted by atomic mass is 10.9. The van der Waals surface area contributed by atoms with Gasteiger partial charge in [0.1, 0.15) is 0 Å². The monoisotopic (exact) mass is 1050 g/mol. The topological polar surface area (TPSA) is 817 Å². The zero-order valence-electron chi connectivity index (χ0n) is 40.5. The third-order valence-electron chi connectivity index (χ3n) is 4.81. The van der Waals surface area contributed by atoms with Gasteiger partial charge in [0.25, 0.3) is 0 Å². The lowest BCUT2D eigenvalue weighted by Gasteiger charge is -1.93. The van der Waals surface area contributed by atoms with E-state index in [9.17, 15) is 0 Å². The van der Waals surface area contributed by atoms with Gasteiger partial charge in [-0.25, -0.2) is 0 Å². The van der Waals surface area contributed by atoms with Crippen LogP contribution >= 0.6 is 0 Å². The molecule has 0 aromatic carbocycles. The Kier molecular flexibility index (Phi) is 43.2. The van der Waals surface area contributed by atoms with Crippen LogP contribution < -0.4 is 120 Å². The molecule has 42 heteroatoms. The van der Waals surface area contributed by atoms with E-state index in [0.717, 1.165) is 0 Å². The first-order chi connectivity index (χ1) is 35.3. The number of hydrogen-bond donors (Lipinski definition) is 21. The van der Waals surface area contributed by atoms with Gasteiger partial charge in [0.05, 0.1) is 0 Å². The summed E-state index contributed by atoms with van der Waals surface area (Å²) in [6.07, 6.45) is 0. The SMILES string of the molecule is C=C.C=C.C=C.C=C.C=C.C=C.Nc1nc(N)nc(N)n1.Nc1nc(N)nc(N)n1.Nc1nc(N)nc(N)n1.Nc1nc(N)nc(N)n1.Nc1nc(N)nc(N)n1.Nc1nc(N)nc(N)n1.Nc1nc(N)nc(N)n1. The lowest BCUT2D eigenvalue weighted by molar-refractivity contribution is 1.09. The van der Waals surface area contributed by atoms with Gasteiger partial charge in [-0.15, -0.1) is 78.9 Å². The van der Waals surface area contributed by atoms with Crippen molar-refractivity contribution in [1.82, 2.24) is 105 Å². The Labute approximate surface area is 428 Å². The van der Waals surface area contributed by atoms with Gasteiger partial charge in [-0.3, -0.25) is 0 Å². The average Bonchev–Trinajstić information content (AvgIpc) is 3.29. The van der Waals surface area contributed by atoms with E-state index in [0.29, 0.717) is 0 Å². The Hall–Kier alpha value is -12.7. The van der Waals surface area contributed by atoms with E-state index in [1.807, 2.05) is 0 Å². The second-order valence-electron chi connectivity index (χ2n) is 9.87. The summed E-state index contributed by atoms with van der Waals surface area (Å²) in [5.74, 6) is 0.875. The van der Waals surface area contributed by atoms with Crippen LogP contribution in [-0.4, -0.2) is 105 Å². The summed E-state index contributed by atoms with van der Waals surface area (Å²) in [5, 5.41) is 0. The fraction of sp³-hybridized carbons (Fsp3) is 0. The average molecular weight is 1050 g/mol. The molecule has 75 heavy (non-hydrogen) atoms. The van der Waals surface area contributed by atoms with Crippen molar-refractivity contribution < 1.29 is 0 Å². The van der Waals surface area contributed by atoms with Crippen LogP contribution in [0.5, 0.6) is 0 Å². The molecule has 0 bridgehead atoms. The van der Waals surface area contributed by atoms with E-state index < -0.39 is 0 Å². The quantitative estimate of drug-likeness (QED) is 0.0633. The highest BCUT2D eigenvalue weighted by atomic mass is 15.2. The number of hydrogen-bond acceptors (Lipinski definition) is 42. The fourth-order valence-electron chi connectivity index (χ4n) is 2.99. The number of nitrogens with two attached hydrogens (primary N) is 21. The molecule has 0 aliphatic rings. The van der Waals surface area contributed by atoms with Gasteiger partial charge in [0.2, 0.25) is 125 Å². The number of anilines is 21. The van der Waals surface area contributed by atoms with Crippen LogP contribution in [0.25, 0.3) is 0 Å². The summed E-state index contributed by atoms with van der Waals surface area (Å²) >= 11 is 0.